The summed E-state index contributed by atoms with van der Waals surface area (Å²) in [5, 5.41) is 9.21. The van der Waals surface area contributed by atoms with Crippen molar-refractivity contribution in [3.05, 3.63) is 64.8 Å². The molecule has 1 heterocycles. The van der Waals surface area contributed by atoms with Crippen LogP contribution < -0.4 is 5.32 Å². The van der Waals surface area contributed by atoms with E-state index in [0.29, 0.717) is 18.2 Å². The number of benzene rings is 2. The summed E-state index contributed by atoms with van der Waals surface area (Å²) in [5.74, 6) is -0.00589. The number of halogens is 1. The fourth-order valence-electron chi connectivity index (χ4n) is 2.60. The van der Waals surface area contributed by atoms with Gasteiger partial charge in [0.25, 0.3) is 5.91 Å². The van der Waals surface area contributed by atoms with Gasteiger partial charge < -0.3 is 5.32 Å². The SMILES string of the molecule is O=C(NC1CC1)c1ccc2cnn(Cc3ccc(Cl)cc3)c2c1. The molecule has 116 valence electrons. The summed E-state index contributed by atoms with van der Waals surface area (Å²) in [6.45, 7) is 0.647. The number of carbonyl (C=O) groups excluding carboxylic acids is 1. The maximum atomic E-state index is 12.2. The molecule has 0 spiro atoms. The molecule has 23 heavy (non-hydrogen) atoms. The van der Waals surface area contributed by atoms with Crippen molar-refractivity contribution in [1.82, 2.24) is 15.1 Å². The molecule has 4 rings (SSSR count). The number of nitrogens with zero attached hydrogens (tertiary/aromatic N) is 2. The molecule has 1 aliphatic rings. The normalized spacial score (nSPS) is 14.1. The molecule has 0 radical (unpaired) electrons. The zero-order valence-corrected chi connectivity index (χ0v) is 13.3. The van der Waals surface area contributed by atoms with Gasteiger partial charge in [0.05, 0.1) is 18.3 Å². The van der Waals surface area contributed by atoms with Gasteiger partial charge in [-0.05, 0) is 42.7 Å². The van der Waals surface area contributed by atoms with E-state index in [2.05, 4.69) is 10.4 Å². The molecular weight excluding hydrogens is 310 g/mol. The second-order valence-corrected chi connectivity index (χ2v) is 6.39. The first-order valence-electron chi connectivity index (χ1n) is 7.70. The van der Waals surface area contributed by atoms with Crippen molar-refractivity contribution in [2.24, 2.45) is 0 Å². The molecule has 1 amide bonds. The number of carbonyl (C=O) groups is 1. The number of hydrogen-bond donors (Lipinski definition) is 1. The Morgan fingerprint density at radius 1 is 1.22 bits per heavy atom. The highest BCUT2D eigenvalue weighted by molar-refractivity contribution is 6.30. The van der Waals surface area contributed by atoms with E-state index in [9.17, 15) is 4.79 Å². The highest BCUT2D eigenvalue weighted by Crippen LogP contribution is 2.21. The highest BCUT2D eigenvalue weighted by Gasteiger charge is 2.24. The molecule has 1 aliphatic carbocycles. The monoisotopic (exact) mass is 325 g/mol. The molecule has 0 unspecified atom stereocenters. The Hall–Kier alpha value is -2.33. The molecule has 1 fully saturated rings. The van der Waals surface area contributed by atoms with Crippen molar-refractivity contribution < 1.29 is 4.79 Å². The van der Waals surface area contributed by atoms with Gasteiger partial charge in [-0.25, -0.2) is 0 Å². The number of fused-ring (bicyclic) bond motifs is 1. The number of rotatable bonds is 4. The van der Waals surface area contributed by atoms with E-state index >= 15 is 0 Å². The van der Waals surface area contributed by atoms with Crippen LogP contribution in [0.5, 0.6) is 0 Å². The van der Waals surface area contributed by atoms with Crippen LogP contribution in [0.15, 0.2) is 48.7 Å². The Morgan fingerprint density at radius 3 is 2.74 bits per heavy atom. The van der Waals surface area contributed by atoms with Gasteiger partial charge in [-0.15, -0.1) is 0 Å². The summed E-state index contributed by atoms with van der Waals surface area (Å²) in [5.41, 5.74) is 2.76. The van der Waals surface area contributed by atoms with Crippen molar-refractivity contribution in [2.45, 2.75) is 25.4 Å². The molecule has 0 bridgehead atoms. The summed E-state index contributed by atoms with van der Waals surface area (Å²) >= 11 is 5.92. The van der Waals surface area contributed by atoms with E-state index in [0.717, 1.165) is 34.3 Å². The van der Waals surface area contributed by atoms with E-state index in [-0.39, 0.29) is 5.91 Å². The smallest absolute Gasteiger partial charge is 0.251 e. The number of hydrogen-bond acceptors (Lipinski definition) is 2. The van der Waals surface area contributed by atoms with Gasteiger partial charge in [0.2, 0.25) is 0 Å². The maximum Gasteiger partial charge on any atom is 0.251 e. The van der Waals surface area contributed by atoms with Crippen molar-refractivity contribution in [2.75, 3.05) is 0 Å². The average molecular weight is 326 g/mol. The molecule has 1 N–H and O–H groups in total. The highest BCUT2D eigenvalue weighted by atomic mass is 35.5. The lowest BCUT2D eigenvalue weighted by Gasteiger charge is -2.06. The van der Waals surface area contributed by atoms with Crippen LogP contribution in [0.25, 0.3) is 10.9 Å². The molecule has 5 heteroatoms. The van der Waals surface area contributed by atoms with E-state index in [1.54, 1.807) is 0 Å². The summed E-state index contributed by atoms with van der Waals surface area (Å²) in [6.07, 6.45) is 4.00. The first kappa shape index (κ1) is 14.3. The van der Waals surface area contributed by atoms with Gasteiger partial charge in [-0.3, -0.25) is 9.48 Å². The minimum Gasteiger partial charge on any atom is -0.349 e. The number of amides is 1. The zero-order valence-electron chi connectivity index (χ0n) is 12.5. The van der Waals surface area contributed by atoms with E-state index in [1.165, 1.54) is 0 Å². The van der Waals surface area contributed by atoms with E-state index in [1.807, 2.05) is 53.3 Å². The average Bonchev–Trinajstić information content (AvgIpc) is 3.29. The predicted octanol–water partition coefficient (Wildman–Crippen LogP) is 3.63. The fraction of sp³-hybridized carbons (Fsp3) is 0.222. The first-order valence-corrected chi connectivity index (χ1v) is 8.08. The second kappa shape index (κ2) is 5.70. The van der Waals surface area contributed by atoms with Gasteiger partial charge in [-0.1, -0.05) is 29.8 Å². The van der Waals surface area contributed by atoms with Crippen molar-refractivity contribution in [3.8, 4) is 0 Å². The first-order chi connectivity index (χ1) is 11.2. The third kappa shape index (κ3) is 3.08. The lowest BCUT2D eigenvalue weighted by molar-refractivity contribution is 0.0951. The molecule has 0 aliphatic heterocycles. The molecular formula is C18H16ClN3O. The third-order valence-electron chi connectivity index (χ3n) is 4.07. The predicted molar refractivity (Wildman–Crippen MR) is 90.8 cm³/mol. The molecule has 0 saturated heterocycles. The summed E-state index contributed by atoms with van der Waals surface area (Å²) in [6, 6.07) is 13.8. The summed E-state index contributed by atoms with van der Waals surface area (Å²) in [7, 11) is 0. The Bertz CT molecular complexity index is 866. The largest absolute Gasteiger partial charge is 0.349 e. The number of aromatic nitrogens is 2. The second-order valence-electron chi connectivity index (χ2n) is 5.95. The van der Waals surface area contributed by atoms with Gasteiger partial charge in [-0.2, -0.15) is 5.10 Å². The van der Waals surface area contributed by atoms with Crippen LogP contribution in [0.4, 0.5) is 0 Å². The maximum absolute atomic E-state index is 12.2. The van der Waals surface area contributed by atoms with E-state index in [4.69, 9.17) is 11.6 Å². The van der Waals surface area contributed by atoms with Gasteiger partial charge >= 0.3 is 0 Å². The molecule has 1 saturated carbocycles. The van der Waals surface area contributed by atoms with Crippen LogP contribution in [0.3, 0.4) is 0 Å². The third-order valence-corrected chi connectivity index (χ3v) is 4.32. The minimum absolute atomic E-state index is 0.00589. The van der Waals surface area contributed by atoms with Crippen LogP contribution in [-0.2, 0) is 6.54 Å². The van der Waals surface area contributed by atoms with Gasteiger partial charge in [0.1, 0.15) is 0 Å². The van der Waals surface area contributed by atoms with Crippen molar-refractivity contribution >= 4 is 28.4 Å². The van der Waals surface area contributed by atoms with Crippen LogP contribution in [0, 0.1) is 0 Å². The minimum atomic E-state index is -0.00589. The Balaban J connectivity index is 1.63. The summed E-state index contributed by atoms with van der Waals surface area (Å²) in [4.78, 5) is 12.2. The lowest BCUT2D eigenvalue weighted by Crippen LogP contribution is -2.25. The zero-order chi connectivity index (χ0) is 15.8. The fourth-order valence-corrected chi connectivity index (χ4v) is 2.72. The van der Waals surface area contributed by atoms with Crippen molar-refractivity contribution in [3.63, 3.8) is 0 Å². The Morgan fingerprint density at radius 2 is 2.00 bits per heavy atom. The van der Waals surface area contributed by atoms with Crippen molar-refractivity contribution in [1.29, 1.82) is 0 Å². The molecule has 3 aromatic rings. The van der Waals surface area contributed by atoms with Crippen LogP contribution in [0.2, 0.25) is 5.02 Å². The number of nitrogens with one attached hydrogen (secondary N) is 1. The van der Waals surface area contributed by atoms with Gasteiger partial charge in [0, 0.05) is 22.0 Å². The molecule has 2 aromatic carbocycles. The molecule has 4 nitrogen and oxygen atoms in total. The van der Waals surface area contributed by atoms with Gasteiger partial charge in [0.15, 0.2) is 0 Å². The topological polar surface area (TPSA) is 46.9 Å². The quantitative estimate of drug-likeness (QED) is 0.796. The molecule has 0 atom stereocenters. The molecule has 1 aromatic heterocycles. The van der Waals surface area contributed by atoms with Crippen LogP contribution in [0.1, 0.15) is 28.8 Å². The summed E-state index contributed by atoms with van der Waals surface area (Å²) < 4.78 is 1.91. The van der Waals surface area contributed by atoms with E-state index < -0.39 is 0 Å². The Kier molecular flexibility index (Phi) is 3.54. The standard InChI is InChI=1S/C18H16ClN3O/c19-15-5-1-12(2-6-15)11-22-17-9-13(3-4-14(17)10-20-22)18(23)21-16-7-8-16/h1-6,9-10,16H,7-8,11H2,(H,21,23). The van der Waals surface area contributed by atoms with Crippen LogP contribution in [-0.4, -0.2) is 21.7 Å². The Labute approximate surface area is 139 Å². The lowest BCUT2D eigenvalue weighted by atomic mass is 10.1. The van der Waals surface area contributed by atoms with Crippen LogP contribution >= 0.6 is 11.6 Å².